The van der Waals surface area contributed by atoms with E-state index in [2.05, 4.69) is 22.0 Å². The van der Waals surface area contributed by atoms with Gasteiger partial charge >= 0.3 is 5.97 Å². The summed E-state index contributed by atoms with van der Waals surface area (Å²) in [6, 6.07) is 16.2. The first-order valence-electron chi connectivity index (χ1n) is 9.28. The minimum Gasteiger partial charge on any atom is -0.481 e. The van der Waals surface area contributed by atoms with Crippen LogP contribution in [0.4, 0.5) is 0 Å². The van der Waals surface area contributed by atoms with Gasteiger partial charge in [0.05, 0.1) is 11.8 Å². The van der Waals surface area contributed by atoms with Crippen LogP contribution in [0.1, 0.15) is 43.0 Å². The second-order valence-corrected chi connectivity index (χ2v) is 6.72. The molecule has 3 rings (SSSR count). The number of likely N-dealkylation sites (tertiary alicyclic amines) is 1. The van der Waals surface area contributed by atoms with Crippen molar-refractivity contribution >= 4 is 5.97 Å². The molecular formula is C21H26N2O3. The molecule has 1 aromatic carbocycles. The number of hydrogen-bond donors (Lipinski definition) is 1. The topological polar surface area (TPSA) is 62.7 Å². The zero-order valence-electron chi connectivity index (χ0n) is 15.0. The molecule has 0 saturated carbocycles. The SMILES string of the molecule is O=C(O)CCCN1CCC(OC(c2ccccc2)c2ccccn2)CC1. The van der Waals surface area contributed by atoms with Gasteiger partial charge in [0.25, 0.3) is 0 Å². The third-order valence-electron chi connectivity index (χ3n) is 4.79. The number of benzene rings is 1. The van der Waals surface area contributed by atoms with E-state index in [9.17, 15) is 4.79 Å². The van der Waals surface area contributed by atoms with Crippen molar-refractivity contribution in [3.63, 3.8) is 0 Å². The monoisotopic (exact) mass is 354 g/mol. The largest absolute Gasteiger partial charge is 0.481 e. The highest BCUT2D eigenvalue weighted by atomic mass is 16.5. The first-order chi connectivity index (χ1) is 12.7. The van der Waals surface area contributed by atoms with Crippen LogP contribution in [0.3, 0.4) is 0 Å². The number of piperidine rings is 1. The van der Waals surface area contributed by atoms with Gasteiger partial charge in [0.2, 0.25) is 0 Å². The fraction of sp³-hybridized carbons (Fsp3) is 0.429. The maximum atomic E-state index is 10.6. The summed E-state index contributed by atoms with van der Waals surface area (Å²) in [6.45, 7) is 2.75. The molecule has 2 heterocycles. The van der Waals surface area contributed by atoms with Gasteiger partial charge < -0.3 is 14.7 Å². The normalized spacial score (nSPS) is 17.1. The molecule has 1 N–H and O–H groups in total. The summed E-state index contributed by atoms with van der Waals surface area (Å²) in [5.74, 6) is -0.718. The Morgan fingerprint density at radius 1 is 1.15 bits per heavy atom. The first kappa shape index (κ1) is 18.5. The van der Waals surface area contributed by atoms with Gasteiger partial charge in [-0.3, -0.25) is 9.78 Å². The molecule has 5 nitrogen and oxygen atoms in total. The van der Waals surface area contributed by atoms with E-state index >= 15 is 0 Å². The lowest BCUT2D eigenvalue weighted by Gasteiger charge is -2.34. The minimum atomic E-state index is -0.718. The molecule has 138 valence electrons. The Bertz CT molecular complexity index is 631. The summed E-state index contributed by atoms with van der Waals surface area (Å²) in [5.41, 5.74) is 2.05. The van der Waals surface area contributed by atoms with Gasteiger partial charge in [0, 0.05) is 25.7 Å². The fourth-order valence-electron chi connectivity index (χ4n) is 3.39. The van der Waals surface area contributed by atoms with Crippen LogP contribution in [0.25, 0.3) is 0 Å². The van der Waals surface area contributed by atoms with Gasteiger partial charge in [-0.2, -0.15) is 0 Å². The molecule has 1 unspecified atom stereocenters. The maximum absolute atomic E-state index is 10.6. The van der Waals surface area contributed by atoms with Crippen molar-refractivity contribution < 1.29 is 14.6 Å². The maximum Gasteiger partial charge on any atom is 0.303 e. The van der Waals surface area contributed by atoms with Crippen LogP contribution in [-0.4, -0.2) is 46.7 Å². The summed E-state index contributed by atoms with van der Waals surface area (Å²) < 4.78 is 6.47. The highest BCUT2D eigenvalue weighted by Crippen LogP contribution is 2.28. The third kappa shape index (κ3) is 5.38. The van der Waals surface area contributed by atoms with Crippen molar-refractivity contribution in [1.29, 1.82) is 0 Å². The van der Waals surface area contributed by atoms with Crippen molar-refractivity contribution in [2.45, 2.75) is 37.9 Å². The Hall–Kier alpha value is -2.24. The first-order valence-corrected chi connectivity index (χ1v) is 9.28. The second-order valence-electron chi connectivity index (χ2n) is 6.72. The predicted octanol–water partition coefficient (Wildman–Crippen LogP) is 3.52. The van der Waals surface area contributed by atoms with E-state index in [1.807, 2.05) is 36.4 Å². The third-order valence-corrected chi connectivity index (χ3v) is 4.79. The molecular weight excluding hydrogens is 328 g/mol. The number of aromatic nitrogens is 1. The van der Waals surface area contributed by atoms with Crippen LogP contribution >= 0.6 is 0 Å². The molecule has 1 saturated heterocycles. The Morgan fingerprint density at radius 2 is 1.88 bits per heavy atom. The number of pyridine rings is 1. The van der Waals surface area contributed by atoms with E-state index in [1.54, 1.807) is 6.20 Å². The Kier molecular flexibility index (Phi) is 6.75. The number of rotatable bonds is 8. The van der Waals surface area contributed by atoms with Gasteiger partial charge in [-0.25, -0.2) is 0 Å². The molecule has 0 radical (unpaired) electrons. The number of aliphatic carboxylic acids is 1. The van der Waals surface area contributed by atoms with Gasteiger partial charge in [-0.1, -0.05) is 36.4 Å². The van der Waals surface area contributed by atoms with Gasteiger partial charge in [-0.05, 0) is 43.5 Å². The lowest BCUT2D eigenvalue weighted by Crippen LogP contribution is -2.38. The van der Waals surface area contributed by atoms with Gasteiger partial charge in [-0.15, -0.1) is 0 Å². The zero-order chi connectivity index (χ0) is 18.2. The zero-order valence-corrected chi connectivity index (χ0v) is 15.0. The van der Waals surface area contributed by atoms with Crippen LogP contribution in [-0.2, 0) is 9.53 Å². The number of carboxylic acid groups (broad SMARTS) is 1. The molecule has 0 amide bonds. The van der Waals surface area contributed by atoms with E-state index in [0.29, 0.717) is 6.42 Å². The standard InChI is InChI=1S/C21H26N2O3/c24-20(25)10-6-14-23-15-11-18(12-16-23)26-21(17-7-2-1-3-8-17)19-9-4-5-13-22-19/h1-5,7-9,13,18,21H,6,10-12,14-16H2,(H,24,25). The molecule has 26 heavy (non-hydrogen) atoms. The van der Waals surface area contributed by atoms with Crippen molar-refractivity contribution in [1.82, 2.24) is 9.88 Å². The summed E-state index contributed by atoms with van der Waals surface area (Å²) in [5, 5.41) is 8.76. The van der Waals surface area contributed by atoms with Crippen molar-refractivity contribution in [3.05, 3.63) is 66.0 Å². The summed E-state index contributed by atoms with van der Waals surface area (Å²) in [6.07, 6.45) is 4.72. The molecule has 1 aliphatic rings. The van der Waals surface area contributed by atoms with Crippen molar-refractivity contribution in [2.24, 2.45) is 0 Å². The summed E-state index contributed by atoms with van der Waals surface area (Å²) in [7, 11) is 0. The number of nitrogens with zero attached hydrogens (tertiary/aromatic N) is 2. The van der Waals surface area contributed by atoms with Crippen LogP contribution in [0.15, 0.2) is 54.7 Å². The molecule has 1 fully saturated rings. The Morgan fingerprint density at radius 3 is 2.54 bits per heavy atom. The number of hydrogen-bond acceptors (Lipinski definition) is 4. The van der Waals surface area contributed by atoms with Gasteiger partial charge in [0.15, 0.2) is 0 Å². The quantitative estimate of drug-likeness (QED) is 0.786. The molecule has 0 aliphatic carbocycles. The van der Waals surface area contributed by atoms with E-state index < -0.39 is 5.97 Å². The number of carboxylic acids is 1. The summed E-state index contributed by atoms with van der Waals surface area (Å²) >= 11 is 0. The smallest absolute Gasteiger partial charge is 0.303 e. The van der Waals surface area contributed by atoms with Crippen LogP contribution in [0, 0.1) is 0 Å². The van der Waals surface area contributed by atoms with Crippen LogP contribution in [0.5, 0.6) is 0 Å². The Balaban J connectivity index is 1.58. The average molecular weight is 354 g/mol. The highest BCUT2D eigenvalue weighted by Gasteiger charge is 2.25. The molecule has 1 atom stereocenters. The second kappa shape index (κ2) is 9.46. The molecule has 1 aromatic heterocycles. The molecule has 0 spiro atoms. The lowest BCUT2D eigenvalue weighted by atomic mass is 10.0. The van der Waals surface area contributed by atoms with Crippen LogP contribution < -0.4 is 0 Å². The van der Waals surface area contributed by atoms with E-state index in [-0.39, 0.29) is 18.6 Å². The highest BCUT2D eigenvalue weighted by molar-refractivity contribution is 5.66. The fourth-order valence-corrected chi connectivity index (χ4v) is 3.39. The van der Waals surface area contributed by atoms with E-state index in [1.165, 1.54) is 0 Å². The predicted molar refractivity (Wildman–Crippen MR) is 99.9 cm³/mol. The van der Waals surface area contributed by atoms with Crippen molar-refractivity contribution in [2.75, 3.05) is 19.6 Å². The van der Waals surface area contributed by atoms with E-state index in [0.717, 1.165) is 43.7 Å². The lowest BCUT2D eigenvalue weighted by molar-refractivity contribution is -0.137. The van der Waals surface area contributed by atoms with Crippen molar-refractivity contribution in [3.8, 4) is 0 Å². The van der Waals surface area contributed by atoms with Gasteiger partial charge in [0.1, 0.15) is 6.10 Å². The average Bonchev–Trinajstić information content (AvgIpc) is 2.68. The summed E-state index contributed by atoms with van der Waals surface area (Å²) in [4.78, 5) is 17.5. The molecule has 2 aromatic rings. The minimum absolute atomic E-state index is 0.152. The van der Waals surface area contributed by atoms with E-state index in [4.69, 9.17) is 9.84 Å². The molecule has 0 bridgehead atoms. The Labute approximate surface area is 154 Å². The number of carbonyl (C=O) groups is 1. The molecule has 1 aliphatic heterocycles. The van der Waals surface area contributed by atoms with Crippen LogP contribution in [0.2, 0.25) is 0 Å². The molecule has 5 heteroatoms. The number of ether oxygens (including phenoxy) is 1.